The van der Waals surface area contributed by atoms with Gasteiger partial charge in [-0.05, 0) is 82.4 Å². The summed E-state index contributed by atoms with van der Waals surface area (Å²) >= 11 is 0. The molecule has 0 aliphatic heterocycles. The van der Waals surface area contributed by atoms with E-state index in [0.29, 0.717) is 0 Å². The monoisotopic (exact) mass is 653 g/mol. The van der Waals surface area contributed by atoms with Crippen LogP contribution in [0, 0.1) is 0 Å². The lowest BCUT2D eigenvalue weighted by atomic mass is 10.00. The Morgan fingerprint density at radius 1 is 0.294 bits per heavy atom. The van der Waals surface area contributed by atoms with Gasteiger partial charge in [-0.15, -0.1) is 0 Å². The third-order valence-corrected chi connectivity index (χ3v) is 9.91. The molecule has 240 valence electrons. The average molecular weight is 654 g/mol. The lowest BCUT2D eigenvalue weighted by Crippen LogP contribution is -2.09. The summed E-state index contributed by atoms with van der Waals surface area (Å²) in [5.74, 6) is 0. The minimum Gasteiger partial charge on any atom is -0.456 e. The van der Waals surface area contributed by atoms with Crippen LogP contribution in [-0.2, 0) is 0 Å². The maximum atomic E-state index is 6.38. The number of anilines is 3. The number of hydrogen-bond donors (Lipinski definition) is 0. The van der Waals surface area contributed by atoms with Crippen LogP contribution in [0.1, 0.15) is 0 Å². The van der Waals surface area contributed by atoms with Gasteiger partial charge in [0.1, 0.15) is 22.3 Å². The molecule has 0 aliphatic carbocycles. The first-order valence-electron chi connectivity index (χ1n) is 17.2. The van der Waals surface area contributed by atoms with E-state index in [9.17, 15) is 0 Å². The summed E-state index contributed by atoms with van der Waals surface area (Å²) < 4.78 is 12.6. The van der Waals surface area contributed by atoms with Gasteiger partial charge in [0, 0.05) is 44.2 Å². The Bertz CT molecular complexity index is 2830. The zero-order valence-corrected chi connectivity index (χ0v) is 27.7. The smallest absolute Gasteiger partial charge is 0.143 e. The fourth-order valence-corrected chi connectivity index (χ4v) is 7.35. The van der Waals surface area contributed by atoms with Crippen molar-refractivity contribution in [3.63, 3.8) is 0 Å². The maximum absolute atomic E-state index is 6.38. The van der Waals surface area contributed by atoms with E-state index in [1.54, 1.807) is 0 Å². The van der Waals surface area contributed by atoms with E-state index in [2.05, 4.69) is 169 Å². The molecular formula is C48H31NO2. The van der Waals surface area contributed by atoms with Crippen molar-refractivity contribution in [3.8, 4) is 33.4 Å². The van der Waals surface area contributed by atoms with Crippen LogP contribution in [0.4, 0.5) is 17.1 Å². The van der Waals surface area contributed by atoms with Crippen molar-refractivity contribution in [2.45, 2.75) is 0 Å². The normalized spacial score (nSPS) is 11.5. The minimum atomic E-state index is 0.878. The molecule has 0 spiro atoms. The molecule has 0 fully saturated rings. The zero-order chi connectivity index (χ0) is 33.7. The number of nitrogens with zero attached hydrogens (tertiary/aromatic N) is 1. The quantitative estimate of drug-likeness (QED) is 0.179. The minimum absolute atomic E-state index is 0.878. The Morgan fingerprint density at radius 2 is 0.765 bits per heavy atom. The van der Waals surface area contributed by atoms with Gasteiger partial charge in [0.15, 0.2) is 0 Å². The van der Waals surface area contributed by atoms with Gasteiger partial charge in [-0.2, -0.15) is 0 Å². The molecule has 0 aliphatic rings. The topological polar surface area (TPSA) is 29.5 Å². The lowest BCUT2D eigenvalue weighted by Gasteiger charge is -2.26. The van der Waals surface area contributed by atoms with Gasteiger partial charge in [0.25, 0.3) is 0 Å². The first kappa shape index (κ1) is 29.1. The number of rotatable bonds is 6. The molecule has 10 aromatic rings. The highest BCUT2D eigenvalue weighted by atomic mass is 16.3. The van der Waals surface area contributed by atoms with E-state index in [1.165, 1.54) is 22.3 Å². The number of hydrogen-bond acceptors (Lipinski definition) is 3. The largest absolute Gasteiger partial charge is 0.456 e. The van der Waals surface area contributed by atoms with Crippen LogP contribution in [0.3, 0.4) is 0 Å². The predicted molar refractivity (Wildman–Crippen MR) is 212 cm³/mol. The number of para-hydroxylation sites is 3. The molecule has 3 heteroatoms. The molecule has 0 radical (unpaired) electrons. The second kappa shape index (κ2) is 11.9. The van der Waals surface area contributed by atoms with Crippen molar-refractivity contribution in [1.82, 2.24) is 0 Å². The van der Waals surface area contributed by atoms with Gasteiger partial charge in [-0.3, -0.25) is 0 Å². The molecule has 2 heterocycles. The molecule has 2 aromatic heterocycles. The van der Waals surface area contributed by atoms with Gasteiger partial charge >= 0.3 is 0 Å². The summed E-state index contributed by atoms with van der Waals surface area (Å²) in [6.45, 7) is 0. The number of benzene rings is 8. The molecule has 3 nitrogen and oxygen atoms in total. The fraction of sp³-hybridized carbons (Fsp3) is 0. The van der Waals surface area contributed by atoms with E-state index in [-0.39, 0.29) is 0 Å². The Morgan fingerprint density at radius 3 is 1.43 bits per heavy atom. The molecule has 8 aromatic carbocycles. The Balaban J connectivity index is 1.05. The molecule has 0 bridgehead atoms. The van der Waals surface area contributed by atoms with Crippen molar-refractivity contribution in [2.24, 2.45) is 0 Å². The Labute approximate surface area is 295 Å². The third-order valence-electron chi connectivity index (χ3n) is 9.91. The van der Waals surface area contributed by atoms with E-state index >= 15 is 0 Å². The molecule has 0 unspecified atom stereocenters. The molecule has 0 N–H and O–H groups in total. The van der Waals surface area contributed by atoms with Gasteiger partial charge < -0.3 is 13.7 Å². The van der Waals surface area contributed by atoms with Gasteiger partial charge in [-0.25, -0.2) is 0 Å². The summed E-state index contributed by atoms with van der Waals surface area (Å²) in [4.78, 5) is 2.31. The third kappa shape index (κ3) is 5.06. The molecule has 0 amide bonds. The zero-order valence-electron chi connectivity index (χ0n) is 27.7. The molecule has 0 saturated carbocycles. The summed E-state index contributed by atoms with van der Waals surface area (Å²) in [5.41, 5.74) is 13.7. The van der Waals surface area contributed by atoms with Gasteiger partial charge in [0.05, 0.1) is 0 Å². The van der Waals surface area contributed by atoms with Crippen molar-refractivity contribution in [3.05, 3.63) is 188 Å². The van der Waals surface area contributed by atoms with Crippen LogP contribution in [0.25, 0.3) is 77.3 Å². The van der Waals surface area contributed by atoms with E-state index in [1.807, 2.05) is 24.3 Å². The van der Waals surface area contributed by atoms with E-state index in [0.717, 1.165) is 72.1 Å². The number of furan rings is 2. The summed E-state index contributed by atoms with van der Waals surface area (Å²) in [6, 6.07) is 66.2. The highest BCUT2D eigenvalue weighted by Gasteiger charge is 2.17. The highest BCUT2D eigenvalue weighted by molar-refractivity contribution is 6.10. The van der Waals surface area contributed by atoms with Crippen LogP contribution >= 0.6 is 0 Å². The molecule has 0 saturated heterocycles. The Hall–Kier alpha value is -6.84. The lowest BCUT2D eigenvalue weighted by molar-refractivity contribution is 0.669. The van der Waals surface area contributed by atoms with Crippen LogP contribution < -0.4 is 4.90 Å². The highest BCUT2D eigenvalue weighted by Crippen LogP contribution is 2.41. The van der Waals surface area contributed by atoms with E-state index < -0.39 is 0 Å². The van der Waals surface area contributed by atoms with Crippen molar-refractivity contribution in [2.75, 3.05) is 4.90 Å². The SMILES string of the molecule is c1ccc(-c2ccc(-c3ccc(N(c4ccc(-c5cccc6c5oc5ccccc56)cc4)c4ccc5oc6ccccc6c5c4)cc3)cc2)cc1. The average Bonchev–Trinajstić information content (AvgIpc) is 3.77. The van der Waals surface area contributed by atoms with Crippen LogP contribution in [-0.4, -0.2) is 0 Å². The van der Waals surface area contributed by atoms with Crippen molar-refractivity contribution in [1.29, 1.82) is 0 Å². The van der Waals surface area contributed by atoms with E-state index in [4.69, 9.17) is 8.83 Å². The number of fused-ring (bicyclic) bond motifs is 6. The van der Waals surface area contributed by atoms with Crippen molar-refractivity contribution >= 4 is 60.9 Å². The maximum Gasteiger partial charge on any atom is 0.143 e. The summed E-state index contributed by atoms with van der Waals surface area (Å²) in [7, 11) is 0. The predicted octanol–water partition coefficient (Wildman–Crippen LogP) is 14.0. The van der Waals surface area contributed by atoms with Crippen LogP contribution in [0.2, 0.25) is 0 Å². The summed E-state index contributed by atoms with van der Waals surface area (Å²) in [5, 5.41) is 4.47. The van der Waals surface area contributed by atoms with Crippen molar-refractivity contribution < 1.29 is 8.83 Å². The van der Waals surface area contributed by atoms with Gasteiger partial charge in [0.2, 0.25) is 0 Å². The molecule has 10 rings (SSSR count). The fourth-order valence-electron chi connectivity index (χ4n) is 7.35. The molecular weight excluding hydrogens is 623 g/mol. The first-order chi connectivity index (χ1) is 25.3. The molecule has 51 heavy (non-hydrogen) atoms. The summed E-state index contributed by atoms with van der Waals surface area (Å²) in [6.07, 6.45) is 0. The first-order valence-corrected chi connectivity index (χ1v) is 17.2. The Kier molecular flexibility index (Phi) is 6.81. The standard InChI is InChI=1S/C48H31NO2/c1-2-9-32(10-3-1)33-17-19-34(20-18-33)35-21-25-37(26-22-35)49(39-29-30-47-44(31-39)42-12-5-6-15-45(42)50-47)38-27-23-36(24-28-38)40-13-8-14-43-41-11-4-7-16-46(41)51-48(40)43/h1-31H. The second-order valence-corrected chi connectivity index (χ2v) is 12.9. The van der Waals surface area contributed by atoms with Gasteiger partial charge in [-0.1, -0.05) is 133 Å². The molecule has 0 atom stereocenters. The van der Waals surface area contributed by atoms with Crippen LogP contribution in [0.5, 0.6) is 0 Å². The van der Waals surface area contributed by atoms with Crippen LogP contribution in [0.15, 0.2) is 197 Å². The second-order valence-electron chi connectivity index (χ2n) is 12.9.